The predicted molar refractivity (Wildman–Crippen MR) is 97.6 cm³/mol. The number of fused-ring (bicyclic) bond motifs is 1. The zero-order valence-corrected chi connectivity index (χ0v) is 15.2. The summed E-state index contributed by atoms with van der Waals surface area (Å²) in [4.78, 5) is 21.5. The van der Waals surface area contributed by atoms with Gasteiger partial charge in [-0.3, -0.25) is 14.7 Å². The lowest BCUT2D eigenvalue weighted by Crippen LogP contribution is -2.34. The van der Waals surface area contributed by atoms with Gasteiger partial charge >= 0.3 is 0 Å². The fraction of sp³-hybridized carbons (Fsp3) is 0.474. The molecule has 6 heteroatoms. The van der Waals surface area contributed by atoms with Crippen LogP contribution in [0.3, 0.4) is 0 Å². The lowest BCUT2D eigenvalue weighted by atomic mass is 9.93. The van der Waals surface area contributed by atoms with Gasteiger partial charge in [-0.1, -0.05) is 0 Å². The first-order chi connectivity index (χ1) is 12.2. The summed E-state index contributed by atoms with van der Waals surface area (Å²) in [5.74, 6) is 0.844. The van der Waals surface area contributed by atoms with Crippen molar-refractivity contribution in [2.75, 3.05) is 26.2 Å². The van der Waals surface area contributed by atoms with Crippen LogP contribution < -0.4 is 5.32 Å². The number of pyridine rings is 1. The standard InChI is InChI=1S/C19H23N3O2S/c1-13-4-5-16(25-13)9-22-10-17-15(12-24-18(17)11-22)8-21-19(23)14-3-2-6-20-7-14/h2-7,15,17-18H,8-12H2,1H3,(H,21,23)/t15-,17+,18+/m1/s1. The van der Waals surface area contributed by atoms with Crippen molar-refractivity contribution >= 4 is 17.2 Å². The van der Waals surface area contributed by atoms with E-state index in [1.54, 1.807) is 24.5 Å². The second-order valence-corrected chi connectivity index (χ2v) is 8.33. The summed E-state index contributed by atoms with van der Waals surface area (Å²) in [6.45, 7) is 6.61. The van der Waals surface area contributed by atoms with Crippen LogP contribution in [0, 0.1) is 18.8 Å². The predicted octanol–water partition coefficient (Wildman–Crippen LogP) is 2.33. The number of hydrogen-bond donors (Lipinski definition) is 1. The highest BCUT2D eigenvalue weighted by Crippen LogP contribution is 2.34. The van der Waals surface area contributed by atoms with Crippen molar-refractivity contribution in [3.8, 4) is 0 Å². The van der Waals surface area contributed by atoms with Gasteiger partial charge in [0.1, 0.15) is 0 Å². The highest BCUT2D eigenvalue weighted by molar-refractivity contribution is 7.11. The summed E-state index contributed by atoms with van der Waals surface area (Å²) in [7, 11) is 0. The van der Waals surface area contributed by atoms with Crippen molar-refractivity contribution in [1.29, 1.82) is 0 Å². The van der Waals surface area contributed by atoms with Gasteiger partial charge in [0.15, 0.2) is 0 Å². The Morgan fingerprint density at radius 2 is 2.32 bits per heavy atom. The van der Waals surface area contributed by atoms with E-state index in [1.807, 2.05) is 11.3 Å². The molecule has 0 radical (unpaired) electrons. The molecule has 2 aliphatic heterocycles. The van der Waals surface area contributed by atoms with Crippen molar-refractivity contribution in [3.05, 3.63) is 52.0 Å². The van der Waals surface area contributed by atoms with Gasteiger partial charge in [-0.25, -0.2) is 0 Å². The Morgan fingerprint density at radius 1 is 1.40 bits per heavy atom. The third-order valence-corrected chi connectivity index (χ3v) is 6.12. The van der Waals surface area contributed by atoms with E-state index < -0.39 is 0 Å². The van der Waals surface area contributed by atoms with Gasteiger partial charge in [-0.2, -0.15) is 0 Å². The van der Waals surface area contributed by atoms with Crippen LogP contribution in [-0.2, 0) is 11.3 Å². The lowest BCUT2D eigenvalue weighted by Gasteiger charge is -2.19. The number of ether oxygens (including phenoxy) is 1. The number of rotatable bonds is 5. The third-order valence-electron chi connectivity index (χ3n) is 5.14. The van der Waals surface area contributed by atoms with Crippen LogP contribution in [0.1, 0.15) is 20.1 Å². The Labute approximate surface area is 152 Å². The van der Waals surface area contributed by atoms with E-state index in [-0.39, 0.29) is 5.91 Å². The summed E-state index contributed by atoms with van der Waals surface area (Å²) in [6.07, 6.45) is 3.58. The Hall–Kier alpha value is -1.76. The van der Waals surface area contributed by atoms with E-state index in [1.165, 1.54) is 9.75 Å². The molecule has 2 aromatic rings. The van der Waals surface area contributed by atoms with Crippen LogP contribution in [0.2, 0.25) is 0 Å². The van der Waals surface area contributed by atoms with Crippen molar-refractivity contribution < 1.29 is 9.53 Å². The minimum absolute atomic E-state index is 0.0551. The number of amides is 1. The van der Waals surface area contributed by atoms with Crippen LogP contribution in [0.15, 0.2) is 36.7 Å². The van der Waals surface area contributed by atoms with E-state index in [9.17, 15) is 4.79 Å². The Kier molecular flexibility index (Phi) is 4.83. The molecule has 1 amide bonds. The Bertz CT molecular complexity index is 733. The van der Waals surface area contributed by atoms with Gasteiger partial charge in [0.25, 0.3) is 5.91 Å². The summed E-state index contributed by atoms with van der Waals surface area (Å²) in [6, 6.07) is 7.98. The molecule has 0 saturated carbocycles. The molecule has 0 spiro atoms. The van der Waals surface area contributed by atoms with Crippen molar-refractivity contribution in [3.63, 3.8) is 0 Å². The molecule has 2 aromatic heterocycles. The molecule has 0 aliphatic carbocycles. The van der Waals surface area contributed by atoms with E-state index in [0.717, 1.165) is 26.2 Å². The van der Waals surface area contributed by atoms with Gasteiger partial charge in [-0.15, -0.1) is 11.3 Å². The maximum atomic E-state index is 12.2. The number of nitrogens with zero attached hydrogens (tertiary/aromatic N) is 2. The number of hydrogen-bond acceptors (Lipinski definition) is 5. The molecule has 2 aliphatic rings. The molecule has 2 saturated heterocycles. The SMILES string of the molecule is Cc1ccc(CN2C[C@H]3[C@H](CNC(=O)c4cccnc4)CO[C@H]3C2)s1. The largest absolute Gasteiger partial charge is 0.376 e. The number of aromatic nitrogens is 1. The molecule has 2 fully saturated rings. The first-order valence-corrected chi connectivity index (χ1v) is 9.58. The molecular weight excluding hydrogens is 334 g/mol. The summed E-state index contributed by atoms with van der Waals surface area (Å²) < 4.78 is 6.00. The van der Waals surface area contributed by atoms with Crippen LogP contribution in [0.5, 0.6) is 0 Å². The smallest absolute Gasteiger partial charge is 0.252 e. The van der Waals surface area contributed by atoms with E-state index in [2.05, 4.69) is 34.3 Å². The summed E-state index contributed by atoms with van der Waals surface area (Å²) in [5.41, 5.74) is 0.610. The Balaban J connectivity index is 1.30. The molecule has 4 heterocycles. The molecule has 0 aromatic carbocycles. The van der Waals surface area contributed by atoms with Gasteiger partial charge in [0.05, 0.1) is 18.3 Å². The average Bonchev–Trinajstić information content (AvgIpc) is 3.30. The molecule has 0 bridgehead atoms. The van der Waals surface area contributed by atoms with E-state index in [4.69, 9.17) is 4.74 Å². The normalized spacial score (nSPS) is 25.9. The third kappa shape index (κ3) is 3.76. The number of likely N-dealkylation sites (tertiary alicyclic amines) is 1. The van der Waals surface area contributed by atoms with E-state index >= 15 is 0 Å². The second kappa shape index (κ2) is 7.23. The Morgan fingerprint density at radius 3 is 3.08 bits per heavy atom. The van der Waals surface area contributed by atoms with Crippen LogP contribution in [0.4, 0.5) is 0 Å². The molecule has 132 valence electrons. The zero-order valence-electron chi connectivity index (χ0n) is 14.4. The molecule has 3 atom stereocenters. The fourth-order valence-corrected chi connectivity index (χ4v) is 4.77. The van der Waals surface area contributed by atoms with Gasteiger partial charge < -0.3 is 10.1 Å². The first kappa shape index (κ1) is 16.7. The second-order valence-electron chi connectivity index (χ2n) is 6.95. The minimum Gasteiger partial charge on any atom is -0.376 e. The van der Waals surface area contributed by atoms with Gasteiger partial charge in [0.2, 0.25) is 0 Å². The first-order valence-electron chi connectivity index (χ1n) is 8.76. The number of aryl methyl sites for hydroxylation is 1. The fourth-order valence-electron chi connectivity index (χ4n) is 3.83. The van der Waals surface area contributed by atoms with Crippen molar-refractivity contribution in [1.82, 2.24) is 15.2 Å². The highest BCUT2D eigenvalue weighted by atomic mass is 32.1. The van der Waals surface area contributed by atoms with Crippen LogP contribution in [0.25, 0.3) is 0 Å². The van der Waals surface area contributed by atoms with Crippen molar-refractivity contribution in [2.24, 2.45) is 11.8 Å². The van der Waals surface area contributed by atoms with Gasteiger partial charge in [-0.05, 0) is 31.2 Å². The zero-order chi connectivity index (χ0) is 17.2. The van der Waals surface area contributed by atoms with Crippen molar-refractivity contribution in [2.45, 2.75) is 19.6 Å². The van der Waals surface area contributed by atoms with Crippen LogP contribution in [-0.4, -0.2) is 48.1 Å². The summed E-state index contributed by atoms with van der Waals surface area (Å²) >= 11 is 1.87. The quantitative estimate of drug-likeness (QED) is 0.892. The van der Waals surface area contributed by atoms with Crippen LogP contribution >= 0.6 is 11.3 Å². The monoisotopic (exact) mass is 357 g/mol. The number of carbonyl (C=O) groups excluding carboxylic acids is 1. The number of thiophene rings is 1. The van der Waals surface area contributed by atoms with Gasteiger partial charge in [0, 0.05) is 60.2 Å². The lowest BCUT2D eigenvalue weighted by molar-refractivity contribution is 0.0904. The molecular formula is C19H23N3O2S. The van der Waals surface area contributed by atoms with E-state index in [0.29, 0.717) is 30.0 Å². The minimum atomic E-state index is -0.0551. The average molecular weight is 357 g/mol. The molecule has 4 rings (SSSR count). The summed E-state index contributed by atoms with van der Waals surface area (Å²) in [5, 5.41) is 3.05. The maximum Gasteiger partial charge on any atom is 0.252 e. The molecule has 25 heavy (non-hydrogen) atoms. The molecule has 5 nitrogen and oxygen atoms in total. The highest BCUT2D eigenvalue weighted by Gasteiger charge is 2.43. The topological polar surface area (TPSA) is 54.5 Å². The maximum absolute atomic E-state index is 12.2. The molecule has 0 unspecified atom stereocenters. The number of nitrogens with one attached hydrogen (secondary N) is 1. The molecule has 1 N–H and O–H groups in total. The number of carbonyl (C=O) groups is 1.